The standard InChI is InChI=1S/C25H20FN3O3/c1-29-22-7-2-3-8-23(22)32-14-21(25(29)31)28-24(30)16-9-10-20-18(12-16)19(13-27-20)15-5-4-6-17(26)11-15/h2-13,21,27H,14H2,1H3,(H,28,30). The second kappa shape index (κ2) is 7.85. The summed E-state index contributed by atoms with van der Waals surface area (Å²) in [6.45, 7) is 0.0346. The Morgan fingerprint density at radius 1 is 1.12 bits per heavy atom. The molecule has 5 rings (SSSR count). The molecule has 1 aromatic heterocycles. The molecule has 3 aromatic carbocycles. The molecule has 0 saturated carbocycles. The second-order valence-electron chi connectivity index (χ2n) is 7.68. The van der Waals surface area contributed by atoms with E-state index >= 15 is 0 Å². The van der Waals surface area contributed by atoms with E-state index in [0.717, 1.165) is 16.5 Å². The van der Waals surface area contributed by atoms with E-state index in [4.69, 9.17) is 4.74 Å². The van der Waals surface area contributed by atoms with Crippen molar-refractivity contribution in [3.63, 3.8) is 0 Å². The number of benzene rings is 3. The van der Waals surface area contributed by atoms with Crippen LogP contribution in [0.3, 0.4) is 0 Å². The largest absolute Gasteiger partial charge is 0.489 e. The lowest BCUT2D eigenvalue weighted by Gasteiger charge is -2.20. The number of anilines is 1. The quantitative estimate of drug-likeness (QED) is 0.514. The molecule has 1 unspecified atom stereocenters. The number of H-pyrrole nitrogens is 1. The van der Waals surface area contributed by atoms with Gasteiger partial charge in [0.05, 0.1) is 5.69 Å². The molecule has 7 heteroatoms. The molecule has 0 saturated heterocycles. The fourth-order valence-electron chi connectivity index (χ4n) is 3.95. The van der Waals surface area contributed by atoms with Crippen molar-refractivity contribution in [2.45, 2.75) is 6.04 Å². The molecule has 2 heterocycles. The maximum Gasteiger partial charge on any atom is 0.252 e. The molecular formula is C25H20FN3O3. The van der Waals surface area contributed by atoms with Crippen LogP contribution in [0.25, 0.3) is 22.0 Å². The highest BCUT2D eigenvalue weighted by Gasteiger charge is 2.30. The normalized spacial score (nSPS) is 15.8. The van der Waals surface area contributed by atoms with Crippen LogP contribution in [-0.2, 0) is 4.79 Å². The van der Waals surface area contributed by atoms with E-state index < -0.39 is 6.04 Å². The Kier molecular flexibility index (Phi) is 4.86. The minimum atomic E-state index is -0.829. The summed E-state index contributed by atoms with van der Waals surface area (Å²) in [6, 6.07) is 17.9. The number of para-hydroxylation sites is 2. The smallest absolute Gasteiger partial charge is 0.252 e. The first-order valence-electron chi connectivity index (χ1n) is 10.2. The van der Waals surface area contributed by atoms with Gasteiger partial charge in [0, 0.05) is 35.3 Å². The third-order valence-corrected chi connectivity index (χ3v) is 5.65. The van der Waals surface area contributed by atoms with Gasteiger partial charge in [-0.25, -0.2) is 4.39 Å². The Morgan fingerprint density at radius 2 is 1.97 bits per heavy atom. The zero-order valence-corrected chi connectivity index (χ0v) is 17.3. The number of aromatic amines is 1. The number of rotatable bonds is 3. The molecule has 6 nitrogen and oxygen atoms in total. The molecule has 2 N–H and O–H groups in total. The maximum atomic E-state index is 13.7. The van der Waals surface area contributed by atoms with Crippen LogP contribution in [0.5, 0.6) is 5.75 Å². The number of likely N-dealkylation sites (N-methyl/N-ethyl adjacent to an activating group) is 1. The van der Waals surface area contributed by atoms with Crippen molar-refractivity contribution in [2.75, 3.05) is 18.6 Å². The number of nitrogens with one attached hydrogen (secondary N) is 2. The van der Waals surface area contributed by atoms with Gasteiger partial charge < -0.3 is 19.9 Å². The lowest BCUT2D eigenvalue weighted by molar-refractivity contribution is -0.120. The highest BCUT2D eigenvalue weighted by molar-refractivity contribution is 6.06. The van der Waals surface area contributed by atoms with Gasteiger partial charge in [0.25, 0.3) is 11.8 Å². The Balaban J connectivity index is 1.42. The van der Waals surface area contributed by atoms with Gasteiger partial charge in [0.1, 0.15) is 24.2 Å². The zero-order valence-electron chi connectivity index (χ0n) is 17.3. The SMILES string of the molecule is CN1C(=O)C(NC(=O)c2ccc3[nH]cc(-c4cccc(F)c4)c3c2)COc2ccccc21. The molecule has 1 aliphatic heterocycles. The second-order valence-corrected chi connectivity index (χ2v) is 7.68. The van der Waals surface area contributed by atoms with E-state index in [-0.39, 0.29) is 24.2 Å². The number of aromatic nitrogens is 1. The third kappa shape index (κ3) is 3.47. The van der Waals surface area contributed by atoms with E-state index in [9.17, 15) is 14.0 Å². The molecule has 4 aromatic rings. The highest BCUT2D eigenvalue weighted by Crippen LogP contribution is 2.31. The predicted octanol–water partition coefficient (Wildman–Crippen LogP) is 4.13. The summed E-state index contributed by atoms with van der Waals surface area (Å²) in [5.41, 5.74) is 3.37. The summed E-state index contributed by atoms with van der Waals surface area (Å²) >= 11 is 0. The minimum Gasteiger partial charge on any atom is -0.489 e. The number of hydrogen-bond donors (Lipinski definition) is 2. The topological polar surface area (TPSA) is 74.4 Å². The van der Waals surface area contributed by atoms with Crippen molar-refractivity contribution in [3.05, 3.63) is 84.3 Å². The zero-order chi connectivity index (χ0) is 22.2. The van der Waals surface area contributed by atoms with Crippen molar-refractivity contribution in [2.24, 2.45) is 0 Å². The summed E-state index contributed by atoms with van der Waals surface area (Å²) < 4.78 is 19.5. The fraction of sp³-hybridized carbons (Fsp3) is 0.120. The third-order valence-electron chi connectivity index (χ3n) is 5.65. The maximum absolute atomic E-state index is 13.7. The predicted molar refractivity (Wildman–Crippen MR) is 120 cm³/mol. The van der Waals surface area contributed by atoms with Gasteiger partial charge in [0.15, 0.2) is 0 Å². The molecule has 1 atom stereocenters. The number of amides is 2. The van der Waals surface area contributed by atoms with Crippen LogP contribution in [0.2, 0.25) is 0 Å². The van der Waals surface area contributed by atoms with Crippen LogP contribution in [-0.4, -0.2) is 36.5 Å². The number of carbonyl (C=O) groups excluding carboxylic acids is 2. The number of ether oxygens (including phenoxy) is 1. The van der Waals surface area contributed by atoms with Gasteiger partial charge in [-0.1, -0.05) is 24.3 Å². The average molecular weight is 429 g/mol. The molecular weight excluding hydrogens is 409 g/mol. The first kappa shape index (κ1) is 19.8. The van der Waals surface area contributed by atoms with Gasteiger partial charge in [-0.3, -0.25) is 9.59 Å². The van der Waals surface area contributed by atoms with E-state index in [1.807, 2.05) is 18.2 Å². The summed E-state index contributed by atoms with van der Waals surface area (Å²) in [5, 5.41) is 3.58. The van der Waals surface area contributed by atoms with Crippen LogP contribution in [0, 0.1) is 5.82 Å². The number of carbonyl (C=O) groups is 2. The molecule has 32 heavy (non-hydrogen) atoms. The lowest BCUT2D eigenvalue weighted by Crippen LogP contribution is -2.49. The Bertz CT molecular complexity index is 1350. The monoisotopic (exact) mass is 429 g/mol. The van der Waals surface area contributed by atoms with Crippen LogP contribution in [0.15, 0.2) is 72.9 Å². The van der Waals surface area contributed by atoms with E-state index in [1.54, 1.807) is 49.6 Å². The van der Waals surface area contributed by atoms with Gasteiger partial charge in [-0.15, -0.1) is 0 Å². The van der Waals surface area contributed by atoms with Crippen molar-refractivity contribution in [1.82, 2.24) is 10.3 Å². The van der Waals surface area contributed by atoms with E-state index in [1.165, 1.54) is 17.0 Å². The lowest BCUT2D eigenvalue weighted by atomic mass is 10.0. The average Bonchev–Trinajstić information content (AvgIpc) is 3.19. The summed E-state index contributed by atoms with van der Waals surface area (Å²) in [7, 11) is 1.66. The molecule has 0 fully saturated rings. The highest BCUT2D eigenvalue weighted by atomic mass is 19.1. The van der Waals surface area contributed by atoms with E-state index in [0.29, 0.717) is 22.6 Å². The van der Waals surface area contributed by atoms with Crippen molar-refractivity contribution >= 4 is 28.4 Å². The van der Waals surface area contributed by atoms with Crippen LogP contribution in [0.1, 0.15) is 10.4 Å². The summed E-state index contributed by atoms with van der Waals surface area (Å²) in [5.74, 6) is -0.387. The molecule has 0 radical (unpaired) electrons. The van der Waals surface area contributed by atoms with Gasteiger partial charge in [-0.05, 0) is 48.0 Å². The first-order valence-corrected chi connectivity index (χ1v) is 10.2. The molecule has 0 aliphatic carbocycles. The van der Waals surface area contributed by atoms with Crippen molar-refractivity contribution in [1.29, 1.82) is 0 Å². The Hall–Kier alpha value is -4.13. The minimum absolute atomic E-state index is 0.0346. The van der Waals surface area contributed by atoms with Crippen molar-refractivity contribution < 1.29 is 18.7 Å². The Labute approximate surface area is 183 Å². The van der Waals surface area contributed by atoms with Crippen LogP contribution >= 0.6 is 0 Å². The molecule has 2 amide bonds. The summed E-state index contributed by atoms with van der Waals surface area (Å²) in [6.07, 6.45) is 1.79. The van der Waals surface area contributed by atoms with Crippen LogP contribution < -0.4 is 15.0 Å². The van der Waals surface area contributed by atoms with Crippen LogP contribution in [0.4, 0.5) is 10.1 Å². The Morgan fingerprint density at radius 3 is 2.81 bits per heavy atom. The van der Waals surface area contributed by atoms with Crippen molar-refractivity contribution in [3.8, 4) is 16.9 Å². The number of halogens is 1. The fourth-order valence-corrected chi connectivity index (χ4v) is 3.95. The van der Waals surface area contributed by atoms with Gasteiger partial charge in [-0.2, -0.15) is 0 Å². The van der Waals surface area contributed by atoms with E-state index in [2.05, 4.69) is 10.3 Å². The number of hydrogen-bond acceptors (Lipinski definition) is 3. The molecule has 0 spiro atoms. The number of fused-ring (bicyclic) bond motifs is 2. The molecule has 1 aliphatic rings. The first-order chi connectivity index (χ1) is 15.5. The number of nitrogens with zero attached hydrogens (tertiary/aromatic N) is 1. The molecule has 0 bridgehead atoms. The summed E-state index contributed by atoms with van der Waals surface area (Å²) in [4.78, 5) is 30.6. The van der Waals surface area contributed by atoms with Gasteiger partial charge >= 0.3 is 0 Å². The molecule has 160 valence electrons. The van der Waals surface area contributed by atoms with Gasteiger partial charge in [0.2, 0.25) is 0 Å².